The highest BCUT2D eigenvalue weighted by molar-refractivity contribution is 7.33. The van der Waals surface area contributed by atoms with Crippen molar-refractivity contribution >= 4 is 65.1 Å². The van der Waals surface area contributed by atoms with E-state index in [1.807, 2.05) is 36.4 Å². The molecule has 0 spiro atoms. The summed E-state index contributed by atoms with van der Waals surface area (Å²) in [5.74, 6) is -1.20. The van der Waals surface area contributed by atoms with E-state index in [2.05, 4.69) is 20.6 Å². The standard InChI is InChI=1S/C40H37Cl2N4O7P/c41-29-11-5-27(6-12-29)21-45-39(49)33-23-43-35-15-9-25(19-31(35)37(33)47)3-1-17-52-54(51)53-18-2-4-26-10-16-36-32(20-26)38(48)34(24-44-36)40(50)46-22-28-7-13-30(42)14-8-28/h5-16,19-20,23-24,54H,1-4,17-18,21-22H2,(H,43,47)(H,44,48)(H,45,49)(H,46,50). The molecule has 11 nitrogen and oxygen atoms in total. The molecule has 4 N–H and O–H groups in total. The van der Waals surface area contributed by atoms with Crippen LogP contribution in [0, 0.1) is 0 Å². The second kappa shape index (κ2) is 18.3. The van der Waals surface area contributed by atoms with Crippen LogP contribution in [-0.4, -0.2) is 45.2 Å². The van der Waals surface area contributed by atoms with Crippen LogP contribution in [0.1, 0.15) is 55.8 Å². The quantitative estimate of drug-likeness (QED) is 0.0559. The first-order valence-corrected chi connectivity index (χ1v) is 19.2. The number of aromatic nitrogens is 2. The lowest BCUT2D eigenvalue weighted by molar-refractivity contribution is 0.0939. The number of carbonyl (C=O) groups is 2. The summed E-state index contributed by atoms with van der Waals surface area (Å²) in [6.07, 6.45) is 4.97. The van der Waals surface area contributed by atoms with E-state index in [1.54, 1.807) is 48.5 Å². The molecular weight excluding hydrogens is 750 g/mol. The second-order valence-corrected chi connectivity index (χ2v) is 14.5. The molecule has 2 heterocycles. The maximum absolute atomic E-state index is 12.8. The van der Waals surface area contributed by atoms with Gasteiger partial charge in [0.1, 0.15) is 22.6 Å². The van der Waals surface area contributed by atoms with Gasteiger partial charge in [-0.25, -0.2) is 0 Å². The van der Waals surface area contributed by atoms with Crippen molar-refractivity contribution in [1.29, 1.82) is 0 Å². The van der Waals surface area contributed by atoms with Gasteiger partial charge < -0.3 is 29.9 Å². The van der Waals surface area contributed by atoms with Gasteiger partial charge in [0.25, 0.3) is 11.8 Å². The summed E-state index contributed by atoms with van der Waals surface area (Å²) in [5.41, 5.74) is 4.77. The zero-order chi connectivity index (χ0) is 38.0. The molecule has 0 bridgehead atoms. The van der Waals surface area contributed by atoms with Crippen LogP contribution in [-0.2, 0) is 39.5 Å². The highest BCUT2D eigenvalue weighted by Crippen LogP contribution is 2.31. The molecule has 0 aliphatic heterocycles. The van der Waals surface area contributed by atoms with Crippen molar-refractivity contribution in [3.63, 3.8) is 0 Å². The zero-order valence-corrected chi connectivity index (χ0v) is 31.5. The minimum Gasteiger partial charge on any atom is -0.506 e. The Hall–Kier alpha value is -5.03. The number of nitrogens with zero attached hydrogens (tertiary/aromatic N) is 2. The van der Waals surface area contributed by atoms with E-state index in [0.29, 0.717) is 57.5 Å². The van der Waals surface area contributed by atoms with Crippen molar-refractivity contribution in [3.05, 3.63) is 141 Å². The van der Waals surface area contributed by atoms with Crippen molar-refractivity contribution in [1.82, 2.24) is 20.6 Å². The van der Waals surface area contributed by atoms with Crippen LogP contribution < -0.4 is 10.6 Å². The molecule has 0 fully saturated rings. The highest BCUT2D eigenvalue weighted by atomic mass is 35.5. The fourth-order valence-corrected chi connectivity index (χ4v) is 6.72. The second-order valence-electron chi connectivity index (χ2n) is 12.5. The first kappa shape index (κ1) is 38.7. The molecule has 0 unspecified atom stereocenters. The lowest BCUT2D eigenvalue weighted by atomic mass is 10.0. The molecule has 4 aromatic carbocycles. The number of halogens is 2. The van der Waals surface area contributed by atoms with Crippen LogP contribution in [0.25, 0.3) is 21.8 Å². The summed E-state index contributed by atoms with van der Waals surface area (Å²) < 4.78 is 23.2. The van der Waals surface area contributed by atoms with Crippen molar-refractivity contribution in [3.8, 4) is 11.5 Å². The van der Waals surface area contributed by atoms with Crippen LogP contribution in [0.4, 0.5) is 0 Å². The number of rotatable bonds is 16. The Balaban J connectivity index is 0.930. The molecule has 0 saturated carbocycles. The van der Waals surface area contributed by atoms with Crippen LogP contribution >= 0.6 is 31.5 Å². The first-order chi connectivity index (χ1) is 26.1. The molecule has 0 atom stereocenters. The Kier molecular flexibility index (Phi) is 13.1. The molecule has 14 heteroatoms. The molecule has 6 rings (SSSR count). The molecule has 0 aliphatic rings. The Morgan fingerprint density at radius 1 is 0.611 bits per heavy atom. The van der Waals surface area contributed by atoms with Crippen LogP contribution in [0.15, 0.2) is 97.3 Å². The predicted octanol–water partition coefficient (Wildman–Crippen LogP) is 8.35. The number of carbonyl (C=O) groups excluding carboxylic acids is 2. The maximum Gasteiger partial charge on any atom is 0.319 e. The summed E-state index contributed by atoms with van der Waals surface area (Å²) in [6, 6.07) is 25.1. The van der Waals surface area contributed by atoms with Gasteiger partial charge in [-0.15, -0.1) is 0 Å². The maximum atomic E-state index is 12.8. The lowest BCUT2D eigenvalue weighted by Gasteiger charge is -2.11. The molecule has 278 valence electrons. The predicted molar refractivity (Wildman–Crippen MR) is 210 cm³/mol. The number of amides is 2. The van der Waals surface area contributed by atoms with Crippen LogP contribution in [0.5, 0.6) is 11.5 Å². The van der Waals surface area contributed by atoms with Gasteiger partial charge in [0.2, 0.25) is 0 Å². The van der Waals surface area contributed by atoms with E-state index in [4.69, 9.17) is 32.2 Å². The van der Waals surface area contributed by atoms with Gasteiger partial charge in [-0.3, -0.25) is 24.1 Å². The Bertz CT molecular complexity index is 2150. The average molecular weight is 788 g/mol. The molecule has 0 aliphatic carbocycles. The van der Waals surface area contributed by atoms with Gasteiger partial charge in [-0.1, -0.05) is 59.6 Å². The van der Waals surface area contributed by atoms with Crippen molar-refractivity contribution < 1.29 is 33.4 Å². The Labute approximate surface area is 322 Å². The van der Waals surface area contributed by atoms with Crippen LogP contribution in [0.2, 0.25) is 10.0 Å². The monoisotopic (exact) mass is 786 g/mol. The van der Waals surface area contributed by atoms with Gasteiger partial charge in [-0.05, 0) is 96.5 Å². The number of benzene rings is 4. The number of hydrogen-bond donors (Lipinski definition) is 4. The third-order valence-electron chi connectivity index (χ3n) is 8.69. The first-order valence-electron chi connectivity index (χ1n) is 17.2. The molecule has 6 aromatic rings. The SMILES string of the molecule is O=C(NCc1ccc(Cl)cc1)c1cnc2ccc(CCCO[PH](=O)OCCCc3ccc4ncc(C(=O)NCc5ccc(Cl)cc5)c(O)c4c3)cc2c1O. The normalized spacial score (nSPS) is 11.3. The largest absolute Gasteiger partial charge is 0.506 e. The van der Waals surface area contributed by atoms with Crippen molar-refractivity contribution in [2.24, 2.45) is 0 Å². The topological polar surface area (TPSA) is 160 Å². The Morgan fingerprint density at radius 2 is 1.00 bits per heavy atom. The molecule has 2 aromatic heterocycles. The third kappa shape index (κ3) is 10.1. The minimum atomic E-state index is -2.72. The molecule has 2 amide bonds. The van der Waals surface area contributed by atoms with E-state index in [0.717, 1.165) is 22.3 Å². The van der Waals surface area contributed by atoms with Crippen LogP contribution in [0.3, 0.4) is 0 Å². The third-order valence-corrected chi connectivity index (χ3v) is 10.1. The van der Waals surface area contributed by atoms with E-state index >= 15 is 0 Å². The van der Waals surface area contributed by atoms with E-state index in [-0.39, 0.29) is 48.9 Å². The number of pyridine rings is 2. The summed E-state index contributed by atoms with van der Waals surface area (Å²) in [7, 11) is -2.72. The summed E-state index contributed by atoms with van der Waals surface area (Å²) in [4.78, 5) is 34.3. The smallest absolute Gasteiger partial charge is 0.319 e. The highest BCUT2D eigenvalue weighted by Gasteiger charge is 2.17. The number of hydrogen-bond acceptors (Lipinski definition) is 9. The summed E-state index contributed by atoms with van der Waals surface area (Å²) in [5, 5.41) is 29.5. The van der Waals surface area contributed by atoms with Gasteiger partial charge in [0.15, 0.2) is 0 Å². The van der Waals surface area contributed by atoms with Gasteiger partial charge in [0, 0.05) is 46.3 Å². The van der Waals surface area contributed by atoms with Gasteiger partial charge in [-0.2, -0.15) is 0 Å². The van der Waals surface area contributed by atoms with Crippen molar-refractivity contribution in [2.75, 3.05) is 13.2 Å². The Morgan fingerprint density at radius 3 is 1.41 bits per heavy atom. The van der Waals surface area contributed by atoms with Gasteiger partial charge >= 0.3 is 8.25 Å². The molecule has 0 saturated heterocycles. The number of nitrogens with one attached hydrogen (secondary N) is 2. The number of aryl methyl sites for hydroxylation is 2. The van der Waals surface area contributed by atoms with E-state index < -0.39 is 20.1 Å². The number of aromatic hydroxyl groups is 2. The zero-order valence-electron chi connectivity index (χ0n) is 29.0. The lowest BCUT2D eigenvalue weighted by Crippen LogP contribution is -2.23. The number of fused-ring (bicyclic) bond motifs is 2. The van der Waals surface area contributed by atoms with E-state index in [9.17, 15) is 24.4 Å². The summed E-state index contributed by atoms with van der Waals surface area (Å²) in [6.45, 7) is 0.954. The average Bonchev–Trinajstić information content (AvgIpc) is 3.18. The fourth-order valence-electron chi connectivity index (χ4n) is 5.76. The molecule has 0 radical (unpaired) electrons. The minimum absolute atomic E-state index is 0.0729. The fraction of sp³-hybridized carbons (Fsp3) is 0.200. The van der Waals surface area contributed by atoms with Gasteiger partial charge in [0.05, 0.1) is 24.2 Å². The van der Waals surface area contributed by atoms with E-state index in [1.165, 1.54) is 12.4 Å². The molecular formula is C40H37Cl2N4O7P. The summed E-state index contributed by atoms with van der Waals surface area (Å²) >= 11 is 11.9. The molecule has 54 heavy (non-hydrogen) atoms. The van der Waals surface area contributed by atoms with Crippen molar-refractivity contribution in [2.45, 2.75) is 38.8 Å².